The van der Waals surface area contributed by atoms with Crippen LogP contribution in [-0.2, 0) is 6.42 Å². The number of aliphatic hydroxyl groups excluding tert-OH is 1. The summed E-state index contributed by atoms with van der Waals surface area (Å²) in [5, 5.41) is 10.0. The van der Waals surface area contributed by atoms with E-state index in [1.54, 1.807) is 0 Å². The Morgan fingerprint density at radius 3 is 2.64 bits per heavy atom. The van der Waals surface area contributed by atoms with E-state index in [2.05, 4.69) is 56.7 Å². The van der Waals surface area contributed by atoms with Gasteiger partial charge in [-0.25, -0.2) is 0 Å². The Morgan fingerprint density at radius 2 is 1.95 bits per heavy atom. The third-order valence-corrected chi connectivity index (χ3v) is 5.82. The highest BCUT2D eigenvalue weighted by atomic mass is 127. The molecule has 3 rings (SSSR count). The largest absolute Gasteiger partial charge is 0.391 e. The average Bonchev–Trinajstić information content (AvgIpc) is 2.94. The van der Waals surface area contributed by atoms with Crippen LogP contribution < -0.4 is 0 Å². The molecule has 2 atom stereocenters. The minimum Gasteiger partial charge on any atom is -0.391 e. The van der Waals surface area contributed by atoms with Crippen molar-refractivity contribution in [3.8, 4) is 0 Å². The number of piperazine rings is 1. The highest BCUT2D eigenvalue weighted by molar-refractivity contribution is 14.1. The van der Waals surface area contributed by atoms with Crippen LogP contribution in [0.3, 0.4) is 0 Å². The fourth-order valence-corrected chi connectivity index (χ4v) is 4.47. The fraction of sp³-hybridized carbons (Fsp3) is 0.667. The van der Waals surface area contributed by atoms with E-state index in [4.69, 9.17) is 0 Å². The van der Waals surface area contributed by atoms with E-state index < -0.39 is 0 Å². The Bertz CT molecular complexity index is 474. The van der Waals surface area contributed by atoms with Crippen molar-refractivity contribution in [2.75, 3.05) is 32.7 Å². The van der Waals surface area contributed by atoms with Crippen molar-refractivity contribution in [3.63, 3.8) is 0 Å². The Kier molecular flexibility index (Phi) is 6.13. The molecule has 1 aliphatic carbocycles. The zero-order valence-corrected chi connectivity index (χ0v) is 15.4. The second-order valence-electron chi connectivity index (χ2n) is 6.68. The summed E-state index contributed by atoms with van der Waals surface area (Å²) in [5.41, 5.74) is 1.46. The lowest BCUT2D eigenvalue weighted by molar-refractivity contribution is 0.0353. The summed E-state index contributed by atoms with van der Waals surface area (Å²) in [6.45, 7) is 5.79. The molecule has 0 aromatic heterocycles. The van der Waals surface area contributed by atoms with E-state index in [1.807, 2.05) is 0 Å². The van der Waals surface area contributed by atoms with Crippen molar-refractivity contribution in [2.45, 2.75) is 44.2 Å². The van der Waals surface area contributed by atoms with Gasteiger partial charge in [-0.15, -0.1) is 0 Å². The van der Waals surface area contributed by atoms with Crippen LogP contribution in [0.2, 0.25) is 0 Å². The van der Waals surface area contributed by atoms with E-state index in [-0.39, 0.29) is 6.10 Å². The van der Waals surface area contributed by atoms with Gasteiger partial charge in [0.05, 0.1) is 6.10 Å². The van der Waals surface area contributed by atoms with Crippen LogP contribution in [0.15, 0.2) is 24.3 Å². The molecule has 0 spiro atoms. The highest BCUT2D eigenvalue weighted by Gasteiger charge is 2.32. The molecule has 1 aromatic carbocycles. The molecule has 22 heavy (non-hydrogen) atoms. The van der Waals surface area contributed by atoms with Crippen LogP contribution in [0.1, 0.15) is 31.2 Å². The smallest absolute Gasteiger partial charge is 0.0695 e. The molecule has 0 amide bonds. The highest BCUT2D eigenvalue weighted by Crippen LogP contribution is 2.25. The molecule has 122 valence electrons. The summed E-state index contributed by atoms with van der Waals surface area (Å²) in [4.78, 5) is 5.11. The number of nitrogens with zero attached hydrogens (tertiary/aromatic N) is 2. The molecule has 2 fully saturated rings. The zero-order valence-electron chi connectivity index (χ0n) is 13.3. The van der Waals surface area contributed by atoms with Gasteiger partial charge in [-0.3, -0.25) is 4.90 Å². The van der Waals surface area contributed by atoms with Gasteiger partial charge in [0.15, 0.2) is 0 Å². The van der Waals surface area contributed by atoms with Crippen LogP contribution in [0.4, 0.5) is 0 Å². The molecule has 1 heterocycles. The number of hydrogen-bond acceptors (Lipinski definition) is 3. The quantitative estimate of drug-likeness (QED) is 0.751. The van der Waals surface area contributed by atoms with Crippen LogP contribution >= 0.6 is 22.6 Å². The van der Waals surface area contributed by atoms with Crippen molar-refractivity contribution < 1.29 is 5.11 Å². The van der Waals surface area contributed by atoms with Crippen LogP contribution in [-0.4, -0.2) is 59.8 Å². The molecule has 1 aliphatic heterocycles. The van der Waals surface area contributed by atoms with Gasteiger partial charge in [-0.1, -0.05) is 12.1 Å². The van der Waals surface area contributed by atoms with Crippen LogP contribution in [0, 0.1) is 3.57 Å². The van der Waals surface area contributed by atoms with Gasteiger partial charge >= 0.3 is 0 Å². The Balaban J connectivity index is 1.37. The normalized spacial score (nSPS) is 27.4. The first kappa shape index (κ1) is 16.7. The van der Waals surface area contributed by atoms with Crippen LogP contribution in [0.25, 0.3) is 0 Å². The number of rotatable bonds is 5. The molecular weight excluding hydrogens is 387 g/mol. The summed E-state index contributed by atoms with van der Waals surface area (Å²) in [7, 11) is 0. The predicted molar refractivity (Wildman–Crippen MR) is 99.1 cm³/mol. The molecule has 1 saturated carbocycles. The van der Waals surface area contributed by atoms with E-state index in [1.165, 1.54) is 41.4 Å². The van der Waals surface area contributed by atoms with Crippen molar-refractivity contribution >= 4 is 22.6 Å². The first-order valence-corrected chi connectivity index (χ1v) is 9.69. The summed E-state index contributed by atoms with van der Waals surface area (Å²) in [6.07, 6.45) is 5.73. The lowest BCUT2D eigenvalue weighted by Crippen LogP contribution is -2.52. The second kappa shape index (κ2) is 8.08. The monoisotopic (exact) mass is 414 g/mol. The summed E-state index contributed by atoms with van der Waals surface area (Å²) in [6, 6.07) is 9.28. The molecule has 1 N–H and O–H groups in total. The Morgan fingerprint density at radius 1 is 1.14 bits per heavy atom. The van der Waals surface area contributed by atoms with Crippen molar-refractivity contribution in [1.29, 1.82) is 0 Å². The van der Waals surface area contributed by atoms with Crippen molar-refractivity contribution in [1.82, 2.24) is 9.80 Å². The Labute approximate surface area is 147 Å². The van der Waals surface area contributed by atoms with E-state index in [0.717, 1.165) is 32.6 Å². The standard InChI is InChI=1S/C18H27IN2O/c19-16-6-1-4-15(14-16)5-3-9-20-10-12-21(13-11-20)17-7-2-8-18(17)22/h1,4,6,14,17-18,22H,2-3,5,7-13H2/t17-,18-/m0/s1. The third kappa shape index (κ3) is 4.43. The van der Waals surface area contributed by atoms with Crippen LogP contribution in [0.5, 0.6) is 0 Å². The van der Waals surface area contributed by atoms with Gasteiger partial charge in [0.25, 0.3) is 0 Å². The van der Waals surface area contributed by atoms with E-state index in [0.29, 0.717) is 6.04 Å². The average molecular weight is 414 g/mol. The SMILES string of the molecule is O[C@H]1CCC[C@@H]1N1CCN(CCCc2cccc(I)c2)CC1. The maximum atomic E-state index is 10.0. The summed E-state index contributed by atoms with van der Waals surface area (Å²) in [5.74, 6) is 0. The van der Waals surface area contributed by atoms with Gasteiger partial charge in [-0.05, 0) is 78.9 Å². The number of aliphatic hydroxyl groups is 1. The molecule has 0 unspecified atom stereocenters. The van der Waals surface area contributed by atoms with Crippen molar-refractivity contribution in [3.05, 3.63) is 33.4 Å². The molecule has 1 saturated heterocycles. The maximum absolute atomic E-state index is 10.0. The van der Waals surface area contributed by atoms with Gasteiger partial charge in [0.2, 0.25) is 0 Å². The molecule has 3 nitrogen and oxygen atoms in total. The van der Waals surface area contributed by atoms with Gasteiger partial charge in [0.1, 0.15) is 0 Å². The minimum atomic E-state index is -0.0768. The Hall–Kier alpha value is -0.170. The first-order valence-electron chi connectivity index (χ1n) is 8.61. The molecular formula is C18H27IN2O. The summed E-state index contributed by atoms with van der Waals surface area (Å²) >= 11 is 2.39. The minimum absolute atomic E-state index is 0.0768. The topological polar surface area (TPSA) is 26.7 Å². The molecule has 1 aromatic rings. The number of aryl methyl sites for hydroxylation is 1. The van der Waals surface area contributed by atoms with Gasteiger partial charge < -0.3 is 10.0 Å². The third-order valence-electron chi connectivity index (χ3n) is 5.15. The number of hydrogen-bond donors (Lipinski definition) is 1. The molecule has 2 aliphatic rings. The molecule has 4 heteroatoms. The lowest BCUT2D eigenvalue weighted by atomic mass is 10.1. The maximum Gasteiger partial charge on any atom is 0.0695 e. The second-order valence-corrected chi connectivity index (χ2v) is 7.92. The number of halogens is 1. The van der Waals surface area contributed by atoms with Gasteiger partial charge in [0, 0.05) is 35.8 Å². The predicted octanol–water partition coefficient (Wildman–Crippen LogP) is 2.75. The van der Waals surface area contributed by atoms with E-state index in [9.17, 15) is 5.11 Å². The zero-order chi connectivity index (χ0) is 15.4. The van der Waals surface area contributed by atoms with E-state index >= 15 is 0 Å². The molecule has 0 radical (unpaired) electrons. The van der Waals surface area contributed by atoms with Crippen molar-refractivity contribution in [2.24, 2.45) is 0 Å². The summed E-state index contributed by atoms with van der Waals surface area (Å²) < 4.78 is 1.33. The fourth-order valence-electron chi connectivity index (χ4n) is 3.86. The lowest BCUT2D eigenvalue weighted by Gasteiger charge is -2.39. The number of benzene rings is 1. The molecule has 0 bridgehead atoms. The first-order chi connectivity index (χ1) is 10.7. The van der Waals surface area contributed by atoms with Gasteiger partial charge in [-0.2, -0.15) is 0 Å².